The van der Waals surface area contributed by atoms with Gasteiger partial charge in [0.05, 0.1) is 12.3 Å². The third-order valence-corrected chi connectivity index (χ3v) is 4.23. The van der Waals surface area contributed by atoms with Crippen LogP contribution in [0.15, 0.2) is 47.1 Å². The number of furan rings is 1. The lowest BCUT2D eigenvalue weighted by atomic mass is 10.1. The third kappa shape index (κ3) is 4.69. The van der Waals surface area contributed by atoms with Crippen molar-refractivity contribution in [2.75, 3.05) is 26.7 Å². The maximum absolute atomic E-state index is 11.6. The van der Waals surface area contributed by atoms with Gasteiger partial charge in [-0.25, -0.2) is 0 Å². The van der Waals surface area contributed by atoms with Crippen molar-refractivity contribution < 1.29 is 9.21 Å². The molecule has 0 saturated heterocycles. The third-order valence-electron chi connectivity index (χ3n) is 4.23. The van der Waals surface area contributed by atoms with E-state index in [-0.39, 0.29) is 11.9 Å². The zero-order chi connectivity index (χ0) is 17.4. The van der Waals surface area contributed by atoms with E-state index in [9.17, 15) is 4.79 Å². The molecule has 0 spiro atoms. The lowest BCUT2D eigenvalue weighted by molar-refractivity contribution is 0.0963. The molecule has 2 N–H and O–H groups in total. The first-order valence-corrected chi connectivity index (χ1v) is 8.48. The first-order chi connectivity index (χ1) is 11.7. The lowest BCUT2D eigenvalue weighted by Gasteiger charge is -2.28. The van der Waals surface area contributed by atoms with E-state index in [0.29, 0.717) is 5.56 Å². The van der Waals surface area contributed by atoms with Crippen LogP contribution in [0.5, 0.6) is 0 Å². The number of benzene rings is 1. The van der Waals surface area contributed by atoms with Crippen molar-refractivity contribution in [1.82, 2.24) is 15.5 Å². The van der Waals surface area contributed by atoms with Crippen LogP contribution in [-0.2, 0) is 6.54 Å². The molecule has 0 fully saturated rings. The summed E-state index contributed by atoms with van der Waals surface area (Å²) in [5, 5.41) is 6.13. The number of hydrogen-bond acceptors (Lipinski definition) is 4. The molecule has 1 aromatic heterocycles. The summed E-state index contributed by atoms with van der Waals surface area (Å²) in [7, 11) is 1.64. The maximum atomic E-state index is 11.6. The van der Waals surface area contributed by atoms with Crippen molar-refractivity contribution in [3.05, 3.63) is 59.5 Å². The van der Waals surface area contributed by atoms with E-state index in [4.69, 9.17) is 4.42 Å². The maximum Gasteiger partial charge on any atom is 0.251 e. The van der Waals surface area contributed by atoms with Crippen LogP contribution in [0.2, 0.25) is 0 Å². The van der Waals surface area contributed by atoms with Crippen LogP contribution in [0.4, 0.5) is 0 Å². The number of carbonyl (C=O) groups excluding carboxylic acids is 1. The van der Waals surface area contributed by atoms with Crippen molar-refractivity contribution in [2.45, 2.75) is 26.4 Å². The number of rotatable bonds is 9. The molecule has 5 heteroatoms. The normalized spacial score (nSPS) is 12.3. The van der Waals surface area contributed by atoms with E-state index in [1.54, 1.807) is 13.3 Å². The number of likely N-dealkylation sites (N-methyl/N-ethyl adjacent to an activating group) is 1. The van der Waals surface area contributed by atoms with Crippen molar-refractivity contribution in [3.8, 4) is 0 Å². The van der Waals surface area contributed by atoms with E-state index in [1.807, 2.05) is 36.4 Å². The highest BCUT2D eigenvalue weighted by atomic mass is 16.3. The molecular weight excluding hydrogens is 302 g/mol. The first-order valence-electron chi connectivity index (χ1n) is 8.48. The number of amides is 1. The molecule has 1 heterocycles. The second-order valence-electron chi connectivity index (χ2n) is 5.66. The molecule has 1 unspecified atom stereocenters. The van der Waals surface area contributed by atoms with Gasteiger partial charge in [-0.1, -0.05) is 26.0 Å². The van der Waals surface area contributed by atoms with Gasteiger partial charge in [0.2, 0.25) is 0 Å². The highest BCUT2D eigenvalue weighted by Gasteiger charge is 2.19. The van der Waals surface area contributed by atoms with Gasteiger partial charge in [0, 0.05) is 25.7 Å². The topological polar surface area (TPSA) is 57.5 Å². The minimum atomic E-state index is -0.0612. The molecular formula is C19H27N3O2. The minimum absolute atomic E-state index is 0.0612. The fraction of sp³-hybridized carbons (Fsp3) is 0.421. The summed E-state index contributed by atoms with van der Waals surface area (Å²) < 4.78 is 5.61. The minimum Gasteiger partial charge on any atom is -0.468 e. The van der Waals surface area contributed by atoms with Crippen molar-refractivity contribution in [1.29, 1.82) is 0 Å². The monoisotopic (exact) mass is 329 g/mol. The Bertz CT molecular complexity index is 604. The van der Waals surface area contributed by atoms with E-state index < -0.39 is 0 Å². The van der Waals surface area contributed by atoms with Gasteiger partial charge in [-0.2, -0.15) is 0 Å². The van der Waals surface area contributed by atoms with Crippen molar-refractivity contribution in [2.24, 2.45) is 0 Å². The van der Waals surface area contributed by atoms with E-state index in [2.05, 4.69) is 29.4 Å². The Hall–Kier alpha value is -2.11. The summed E-state index contributed by atoms with van der Waals surface area (Å²) in [5.41, 5.74) is 1.83. The van der Waals surface area contributed by atoms with E-state index in [1.165, 1.54) is 0 Å². The summed E-state index contributed by atoms with van der Waals surface area (Å²) in [6.07, 6.45) is 1.73. The molecule has 0 saturated carbocycles. The van der Waals surface area contributed by atoms with Crippen LogP contribution in [0.3, 0.4) is 0 Å². The number of hydrogen-bond donors (Lipinski definition) is 2. The molecule has 130 valence electrons. The summed E-state index contributed by atoms with van der Waals surface area (Å²) in [4.78, 5) is 13.9. The van der Waals surface area contributed by atoms with Gasteiger partial charge < -0.3 is 15.1 Å². The largest absolute Gasteiger partial charge is 0.468 e. The molecule has 0 aliphatic carbocycles. The predicted molar refractivity (Wildman–Crippen MR) is 95.9 cm³/mol. The quantitative estimate of drug-likeness (QED) is 0.743. The molecule has 0 bridgehead atoms. The second-order valence-corrected chi connectivity index (χ2v) is 5.66. The molecule has 0 radical (unpaired) electrons. The van der Waals surface area contributed by atoms with Crippen LogP contribution in [0, 0.1) is 0 Å². The number of carbonyl (C=O) groups is 1. The SMILES string of the molecule is CCN(CC)C(CNCc1ccc(C(=O)NC)cc1)c1ccco1. The molecule has 0 aliphatic rings. The highest BCUT2D eigenvalue weighted by molar-refractivity contribution is 5.93. The fourth-order valence-corrected chi connectivity index (χ4v) is 2.83. The standard InChI is InChI=1S/C19H27N3O2/c1-4-22(5-2)17(18-7-6-12-24-18)14-21-13-15-8-10-16(11-9-15)19(23)20-3/h6-12,17,21H,4-5,13-14H2,1-3H3,(H,20,23). The van der Waals surface area contributed by atoms with Crippen LogP contribution in [-0.4, -0.2) is 37.5 Å². The van der Waals surface area contributed by atoms with Crippen LogP contribution < -0.4 is 10.6 Å². The first kappa shape index (κ1) is 18.2. The van der Waals surface area contributed by atoms with E-state index >= 15 is 0 Å². The Morgan fingerprint density at radius 3 is 2.42 bits per heavy atom. The molecule has 24 heavy (non-hydrogen) atoms. The zero-order valence-electron chi connectivity index (χ0n) is 14.7. The Kier molecular flexibility index (Phi) is 7.03. The van der Waals surface area contributed by atoms with Gasteiger partial charge >= 0.3 is 0 Å². The summed E-state index contributed by atoms with van der Waals surface area (Å²) in [5.74, 6) is 0.926. The van der Waals surface area contributed by atoms with Gasteiger partial charge in [0.15, 0.2) is 0 Å². The molecule has 0 aliphatic heterocycles. The molecule has 1 amide bonds. The molecule has 1 atom stereocenters. The Morgan fingerprint density at radius 2 is 1.88 bits per heavy atom. The van der Waals surface area contributed by atoms with Crippen molar-refractivity contribution in [3.63, 3.8) is 0 Å². The average Bonchev–Trinajstić information content (AvgIpc) is 3.15. The zero-order valence-corrected chi connectivity index (χ0v) is 14.7. The predicted octanol–water partition coefficient (Wildman–Crippen LogP) is 2.81. The molecule has 2 rings (SSSR count). The van der Waals surface area contributed by atoms with Crippen LogP contribution in [0.1, 0.15) is 41.6 Å². The second kappa shape index (κ2) is 9.25. The van der Waals surface area contributed by atoms with Gasteiger partial charge in [0.25, 0.3) is 5.91 Å². The van der Waals surface area contributed by atoms with Gasteiger partial charge in [-0.15, -0.1) is 0 Å². The summed E-state index contributed by atoms with van der Waals surface area (Å²) >= 11 is 0. The lowest BCUT2D eigenvalue weighted by Crippen LogP contribution is -2.35. The molecule has 1 aromatic carbocycles. The highest BCUT2D eigenvalue weighted by Crippen LogP contribution is 2.20. The van der Waals surface area contributed by atoms with Gasteiger partial charge in [-0.05, 0) is 42.9 Å². The molecule has 2 aromatic rings. The summed E-state index contributed by atoms with van der Waals surface area (Å²) in [6, 6.07) is 11.9. The van der Waals surface area contributed by atoms with Gasteiger partial charge in [-0.3, -0.25) is 9.69 Å². The van der Waals surface area contributed by atoms with Crippen LogP contribution in [0.25, 0.3) is 0 Å². The fourth-order valence-electron chi connectivity index (χ4n) is 2.83. The van der Waals surface area contributed by atoms with Crippen molar-refractivity contribution >= 4 is 5.91 Å². The summed E-state index contributed by atoms with van der Waals surface area (Å²) in [6.45, 7) is 7.85. The Labute approximate surface area is 144 Å². The van der Waals surface area contributed by atoms with E-state index in [0.717, 1.165) is 37.5 Å². The van der Waals surface area contributed by atoms with Crippen LogP contribution >= 0.6 is 0 Å². The van der Waals surface area contributed by atoms with Gasteiger partial charge in [0.1, 0.15) is 5.76 Å². The Balaban J connectivity index is 1.94. The average molecular weight is 329 g/mol. The smallest absolute Gasteiger partial charge is 0.251 e. The Morgan fingerprint density at radius 1 is 1.17 bits per heavy atom. The molecule has 5 nitrogen and oxygen atoms in total. The number of nitrogens with one attached hydrogen (secondary N) is 2. The number of nitrogens with zero attached hydrogens (tertiary/aromatic N) is 1.